The molecule has 0 fully saturated rings. The quantitative estimate of drug-likeness (QED) is 0.564. The van der Waals surface area contributed by atoms with E-state index in [9.17, 15) is 18.0 Å². The number of ether oxygens (including phenoxy) is 1. The number of thioether (sulfide) groups is 1. The van der Waals surface area contributed by atoms with Crippen molar-refractivity contribution < 1.29 is 22.7 Å². The van der Waals surface area contributed by atoms with Crippen LogP contribution in [0.1, 0.15) is 12.5 Å². The van der Waals surface area contributed by atoms with Gasteiger partial charge in [0.2, 0.25) is 0 Å². The maximum absolute atomic E-state index is 12.4. The molecule has 7 heteroatoms. The third-order valence-corrected chi connectivity index (χ3v) is 3.36. The van der Waals surface area contributed by atoms with Crippen molar-refractivity contribution in [2.75, 3.05) is 11.9 Å². The average Bonchev–Trinajstić information content (AvgIpc) is 2.26. The van der Waals surface area contributed by atoms with Crippen molar-refractivity contribution >= 4 is 33.5 Å². The maximum atomic E-state index is 12.4. The van der Waals surface area contributed by atoms with Gasteiger partial charge in [-0.1, -0.05) is 15.9 Å². The van der Waals surface area contributed by atoms with E-state index in [2.05, 4.69) is 15.9 Å². The smallest absolute Gasteiger partial charge is 0.446 e. The molecule has 0 aliphatic carbocycles. The van der Waals surface area contributed by atoms with Gasteiger partial charge in [0.15, 0.2) is 0 Å². The number of carbonyl (C=O) groups excluding carboxylic acids is 1. The SMILES string of the molecule is CCOc1cc(CC(=O)CBr)cc(SC(F)(F)F)c1. The molecule has 0 saturated heterocycles. The van der Waals surface area contributed by atoms with E-state index in [-0.39, 0.29) is 34.2 Å². The zero-order valence-electron chi connectivity index (χ0n) is 10.1. The summed E-state index contributed by atoms with van der Waals surface area (Å²) in [7, 11) is 0. The van der Waals surface area contributed by atoms with Gasteiger partial charge in [0.25, 0.3) is 0 Å². The van der Waals surface area contributed by atoms with E-state index in [0.29, 0.717) is 17.9 Å². The maximum Gasteiger partial charge on any atom is 0.446 e. The summed E-state index contributed by atoms with van der Waals surface area (Å²) in [6.07, 6.45) is 0.0809. The number of benzene rings is 1. The van der Waals surface area contributed by atoms with Gasteiger partial charge in [0.1, 0.15) is 11.5 Å². The first kappa shape index (κ1) is 16.4. The first-order chi connectivity index (χ1) is 8.84. The molecule has 2 nitrogen and oxygen atoms in total. The highest BCUT2D eigenvalue weighted by Gasteiger charge is 2.29. The minimum absolute atomic E-state index is 0.0239. The van der Waals surface area contributed by atoms with Gasteiger partial charge in [-0.2, -0.15) is 13.2 Å². The second kappa shape index (κ2) is 7.19. The van der Waals surface area contributed by atoms with E-state index in [1.54, 1.807) is 13.0 Å². The molecule has 0 saturated carbocycles. The predicted octanol–water partition coefficient (Wildman–Crippen LogP) is 4.20. The third-order valence-electron chi connectivity index (χ3n) is 2.03. The Kier molecular flexibility index (Phi) is 6.19. The molecule has 0 aromatic heterocycles. The summed E-state index contributed by atoms with van der Waals surface area (Å²) in [4.78, 5) is 11.4. The molecule has 0 radical (unpaired) electrons. The number of alkyl halides is 4. The molecule has 0 unspecified atom stereocenters. The largest absolute Gasteiger partial charge is 0.494 e. The fourth-order valence-electron chi connectivity index (χ4n) is 1.45. The molecule has 0 atom stereocenters. The molecule has 0 spiro atoms. The highest BCUT2D eigenvalue weighted by atomic mass is 79.9. The molecule has 0 bridgehead atoms. The van der Waals surface area contributed by atoms with Gasteiger partial charge in [-0.3, -0.25) is 4.79 Å². The molecule has 1 aromatic rings. The van der Waals surface area contributed by atoms with E-state index in [1.807, 2.05) is 0 Å². The fraction of sp³-hybridized carbons (Fsp3) is 0.417. The van der Waals surface area contributed by atoms with Gasteiger partial charge in [-0.25, -0.2) is 0 Å². The van der Waals surface area contributed by atoms with Crippen LogP contribution in [0.5, 0.6) is 5.75 Å². The van der Waals surface area contributed by atoms with Crippen molar-refractivity contribution in [3.63, 3.8) is 0 Å². The van der Waals surface area contributed by atoms with Gasteiger partial charge in [-0.15, -0.1) is 0 Å². The molecule has 1 rings (SSSR count). The summed E-state index contributed by atoms with van der Waals surface area (Å²) < 4.78 is 42.3. The summed E-state index contributed by atoms with van der Waals surface area (Å²) in [5.74, 6) is 0.241. The summed E-state index contributed by atoms with van der Waals surface area (Å²) in [5.41, 5.74) is -3.84. The van der Waals surface area contributed by atoms with Crippen LogP contribution in [0.2, 0.25) is 0 Å². The molecule has 106 valence electrons. The second-order valence-electron chi connectivity index (χ2n) is 3.64. The molecular formula is C12H12BrF3O2S. The molecule has 0 N–H and O–H groups in total. The number of Topliss-reactive ketones (excluding diaryl/α,β-unsaturated/α-hetero) is 1. The standard InChI is InChI=1S/C12H12BrF3O2S/c1-2-18-10-4-8(3-9(17)7-13)5-11(6-10)19-12(14,15)16/h4-6H,2-3,7H2,1H3. The van der Waals surface area contributed by atoms with Crippen LogP contribution in [0.15, 0.2) is 23.1 Å². The van der Waals surface area contributed by atoms with Crippen LogP contribution >= 0.6 is 27.7 Å². The molecule has 0 aliphatic rings. The monoisotopic (exact) mass is 356 g/mol. The fourth-order valence-corrected chi connectivity index (χ4v) is 2.30. The minimum Gasteiger partial charge on any atom is -0.494 e. The molecule has 19 heavy (non-hydrogen) atoms. The number of hydrogen-bond acceptors (Lipinski definition) is 3. The Morgan fingerprint density at radius 2 is 2.05 bits per heavy atom. The summed E-state index contributed by atoms with van der Waals surface area (Å²) >= 11 is 2.81. The van der Waals surface area contributed by atoms with Crippen molar-refractivity contribution in [1.82, 2.24) is 0 Å². The first-order valence-electron chi connectivity index (χ1n) is 5.44. The van der Waals surface area contributed by atoms with E-state index < -0.39 is 5.51 Å². The van der Waals surface area contributed by atoms with Crippen molar-refractivity contribution in [2.24, 2.45) is 0 Å². The topological polar surface area (TPSA) is 26.3 Å². The lowest BCUT2D eigenvalue weighted by Crippen LogP contribution is -2.05. The number of halogens is 4. The second-order valence-corrected chi connectivity index (χ2v) is 5.34. The Labute approximate surface area is 121 Å². The Morgan fingerprint density at radius 1 is 1.37 bits per heavy atom. The van der Waals surface area contributed by atoms with Gasteiger partial charge in [0.05, 0.1) is 11.9 Å². The lowest BCUT2D eigenvalue weighted by Gasteiger charge is -2.11. The van der Waals surface area contributed by atoms with Crippen LogP contribution in [0.25, 0.3) is 0 Å². The number of hydrogen-bond donors (Lipinski definition) is 0. The van der Waals surface area contributed by atoms with Crippen LogP contribution in [0, 0.1) is 0 Å². The first-order valence-corrected chi connectivity index (χ1v) is 7.38. The number of rotatable bonds is 6. The van der Waals surface area contributed by atoms with Crippen LogP contribution in [0.4, 0.5) is 13.2 Å². The number of carbonyl (C=O) groups is 1. The van der Waals surface area contributed by atoms with Gasteiger partial charge in [0, 0.05) is 11.3 Å². The summed E-state index contributed by atoms with van der Waals surface area (Å²) in [6.45, 7) is 2.10. The highest BCUT2D eigenvalue weighted by molar-refractivity contribution is 9.09. The number of ketones is 1. The minimum atomic E-state index is -4.36. The van der Waals surface area contributed by atoms with Crippen LogP contribution < -0.4 is 4.74 Å². The summed E-state index contributed by atoms with van der Waals surface area (Å²) in [6, 6.07) is 4.27. The lowest BCUT2D eigenvalue weighted by atomic mass is 10.1. The molecule has 1 aromatic carbocycles. The Bertz CT molecular complexity index is 449. The van der Waals surface area contributed by atoms with E-state index in [4.69, 9.17) is 4.74 Å². The zero-order chi connectivity index (χ0) is 14.5. The predicted molar refractivity (Wildman–Crippen MR) is 72.0 cm³/mol. The Balaban J connectivity index is 2.99. The normalized spacial score (nSPS) is 11.4. The van der Waals surface area contributed by atoms with E-state index >= 15 is 0 Å². The Morgan fingerprint density at radius 3 is 2.58 bits per heavy atom. The highest BCUT2D eigenvalue weighted by Crippen LogP contribution is 2.38. The Hall–Kier alpha value is -0.690. The average molecular weight is 357 g/mol. The molecule has 0 heterocycles. The summed E-state index contributed by atoms with van der Waals surface area (Å²) in [5, 5.41) is 0.174. The van der Waals surface area contributed by atoms with E-state index in [0.717, 1.165) is 0 Å². The zero-order valence-corrected chi connectivity index (χ0v) is 12.5. The van der Waals surface area contributed by atoms with Crippen molar-refractivity contribution in [3.05, 3.63) is 23.8 Å². The van der Waals surface area contributed by atoms with Gasteiger partial charge in [-0.05, 0) is 42.4 Å². The van der Waals surface area contributed by atoms with Crippen molar-refractivity contribution in [2.45, 2.75) is 23.7 Å². The van der Waals surface area contributed by atoms with Crippen molar-refractivity contribution in [1.29, 1.82) is 0 Å². The lowest BCUT2D eigenvalue weighted by molar-refractivity contribution is -0.115. The molecular weight excluding hydrogens is 345 g/mol. The van der Waals surface area contributed by atoms with E-state index in [1.165, 1.54) is 12.1 Å². The van der Waals surface area contributed by atoms with Crippen LogP contribution in [0.3, 0.4) is 0 Å². The van der Waals surface area contributed by atoms with Crippen LogP contribution in [-0.2, 0) is 11.2 Å². The molecule has 0 aliphatic heterocycles. The van der Waals surface area contributed by atoms with Crippen LogP contribution in [-0.4, -0.2) is 23.2 Å². The molecule has 0 amide bonds. The van der Waals surface area contributed by atoms with Crippen molar-refractivity contribution in [3.8, 4) is 5.75 Å². The third kappa shape index (κ3) is 6.33. The van der Waals surface area contributed by atoms with Gasteiger partial charge >= 0.3 is 5.51 Å². The van der Waals surface area contributed by atoms with Gasteiger partial charge < -0.3 is 4.74 Å².